The smallest absolute Gasteiger partial charge is 0.387 e. The second-order valence-corrected chi connectivity index (χ2v) is 3.72. The summed E-state index contributed by atoms with van der Waals surface area (Å²) in [5.74, 6) is 0.938. The van der Waals surface area contributed by atoms with Crippen LogP contribution in [0.1, 0.15) is 11.5 Å². The highest BCUT2D eigenvalue weighted by Gasteiger charge is 2.08. The molecule has 0 fully saturated rings. The van der Waals surface area contributed by atoms with Crippen molar-refractivity contribution >= 4 is 5.69 Å². The Morgan fingerprint density at radius 3 is 2.83 bits per heavy atom. The number of ether oxygens (including phenoxy) is 1. The molecule has 6 heteroatoms. The van der Waals surface area contributed by atoms with Crippen molar-refractivity contribution in [1.82, 2.24) is 9.97 Å². The number of anilines is 1. The third-order valence-electron chi connectivity index (χ3n) is 2.33. The van der Waals surface area contributed by atoms with E-state index in [0.717, 1.165) is 11.5 Å². The lowest BCUT2D eigenvalue weighted by Crippen LogP contribution is -2.06. The molecular weight excluding hydrogens is 240 g/mol. The zero-order chi connectivity index (χ0) is 13.0. The molecule has 18 heavy (non-hydrogen) atoms. The number of alkyl halides is 2. The number of imidazole rings is 1. The minimum atomic E-state index is -2.83. The first-order chi connectivity index (χ1) is 8.65. The Balaban J connectivity index is 2.04. The van der Waals surface area contributed by atoms with Gasteiger partial charge in [-0.05, 0) is 19.1 Å². The van der Waals surface area contributed by atoms with Gasteiger partial charge in [-0.15, -0.1) is 0 Å². The molecule has 2 rings (SSSR count). The first kappa shape index (κ1) is 12.3. The lowest BCUT2D eigenvalue weighted by atomic mass is 10.3. The minimum absolute atomic E-state index is 0.128. The molecular formula is C12H13F2N3O. The number of aromatic nitrogens is 2. The summed E-state index contributed by atoms with van der Waals surface area (Å²) in [6.45, 7) is -0.524. The summed E-state index contributed by atoms with van der Waals surface area (Å²) in [6.07, 6.45) is 1.69. The molecule has 0 aliphatic rings. The van der Waals surface area contributed by atoms with Gasteiger partial charge in [0.1, 0.15) is 11.6 Å². The predicted octanol–water partition coefficient (Wildman–Crippen LogP) is 2.93. The second-order valence-electron chi connectivity index (χ2n) is 3.72. The molecule has 0 saturated heterocycles. The quantitative estimate of drug-likeness (QED) is 0.861. The molecule has 1 aromatic carbocycles. The highest BCUT2D eigenvalue weighted by atomic mass is 19.3. The van der Waals surface area contributed by atoms with Gasteiger partial charge in [0.15, 0.2) is 0 Å². The van der Waals surface area contributed by atoms with Gasteiger partial charge in [-0.25, -0.2) is 4.98 Å². The Morgan fingerprint density at radius 2 is 2.17 bits per heavy atom. The van der Waals surface area contributed by atoms with Crippen molar-refractivity contribution in [1.29, 1.82) is 0 Å². The number of hydrogen-bond donors (Lipinski definition) is 2. The van der Waals surface area contributed by atoms with Crippen LogP contribution in [0.15, 0.2) is 30.5 Å². The van der Waals surface area contributed by atoms with E-state index in [1.165, 1.54) is 6.07 Å². The fraction of sp³-hybridized carbons (Fsp3) is 0.250. The molecule has 0 radical (unpaired) electrons. The van der Waals surface area contributed by atoms with Crippen molar-refractivity contribution in [2.75, 3.05) is 5.32 Å². The summed E-state index contributed by atoms with van der Waals surface area (Å²) < 4.78 is 28.8. The van der Waals surface area contributed by atoms with E-state index in [1.54, 1.807) is 24.4 Å². The number of halogens is 2. The maximum Gasteiger partial charge on any atom is 0.387 e. The molecule has 0 spiro atoms. The number of para-hydroxylation sites is 2. The van der Waals surface area contributed by atoms with Crippen molar-refractivity contribution in [3.63, 3.8) is 0 Å². The van der Waals surface area contributed by atoms with Crippen molar-refractivity contribution in [3.05, 3.63) is 42.0 Å². The van der Waals surface area contributed by atoms with Crippen molar-refractivity contribution in [2.24, 2.45) is 0 Å². The monoisotopic (exact) mass is 253 g/mol. The summed E-state index contributed by atoms with van der Waals surface area (Å²) in [7, 11) is 0. The summed E-state index contributed by atoms with van der Waals surface area (Å²) >= 11 is 0. The zero-order valence-electron chi connectivity index (χ0n) is 9.78. The molecule has 2 aromatic rings. The Hall–Kier alpha value is -2.11. The van der Waals surface area contributed by atoms with Crippen LogP contribution < -0.4 is 10.1 Å². The molecule has 96 valence electrons. The van der Waals surface area contributed by atoms with Crippen LogP contribution in [0, 0.1) is 6.92 Å². The molecule has 4 nitrogen and oxygen atoms in total. The van der Waals surface area contributed by atoms with Gasteiger partial charge in [0.25, 0.3) is 0 Å². The molecule has 2 N–H and O–H groups in total. The number of nitrogens with one attached hydrogen (secondary N) is 2. The fourth-order valence-electron chi connectivity index (χ4n) is 1.56. The lowest BCUT2D eigenvalue weighted by Gasteiger charge is -2.11. The van der Waals surface area contributed by atoms with E-state index in [4.69, 9.17) is 0 Å². The van der Waals surface area contributed by atoms with Crippen LogP contribution in [0.4, 0.5) is 14.5 Å². The Bertz CT molecular complexity index is 514. The van der Waals surface area contributed by atoms with E-state index in [9.17, 15) is 8.78 Å². The molecule has 1 heterocycles. The van der Waals surface area contributed by atoms with Gasteiger partial charge in [-0.1, -0.05) is 12.1 Å². The lowest BCUT2D eigenvalue weighted by molar-refractivity contribution is -0.0493. The zero-order valence-corrected chi connectivity index (χ0v) is 9.78. The third-order valence-corrected chi connectivity index (χ3v) is 2.33. The summed E-state index contributed by atoms with van der Waals surface area (Å²) in [5, 5.41) is 3.02. The largest absolute Gasteiger partial charge is 0.433 e. The van der Waals surface area contributed by atoms with Crippen LogP contribution in [0.5, 0.6) is 5.75 Å². The van der Waals surface area contributed by atoms with Gasteiger partial charge in [-0.2, -0.15) is 8.78 Å². The molecule has 0 atom stereocenters. The molecule has 0 amide bonds. The fourth-order valence-corrected chi connectivity index (χ4v) is 1.56. The van der Waals surface area contributed by atoms with E-state index >= 15 is 0 Å². The molecule has 0 unspecified atom stereocenters. The average Bonchev–Trinajstić information content (AvgIpc) is 2.73. The number of nitrogens with zero attached hydrogens (tertiary/aromatic N) is 1. The predicted molar refractivity (Wildman–Crippen MR) is 63.7 cm³/mol. The van der Waals surface area contributed by atoms with Gasteiger partial charge in [0.2, 0.25) is 0 Å². The van der Waals surface area contributed by atoms with E-state index < -0.39 is 6.61 Å². The first-order valence-corrected chi connectivity index (χ1v) is 5.43. The maximum absolute atomic E-state index is 12.2. The van der Waals surface area contributed by atoms with E-state index in [1.807, 2.05) is 6.92 Å². The summed E-state index contributed by atoms with van der Waals surface area (Å²) in [5.41, 5.74) is 1.39. The number of aromatic amines is 1. The van der Waals surface area contributed by atoms with Crippen molar-refractivity contribution < 1.29 is 13.5 Å². The van der Waals surface area contributed by atoms with Gasteiger partial charge in [0, 0.05) is 0 Å². The molecule has 0 bridgehead atoms. The van der Waals surface area contributed by atoms with Crippen LogP contribution in [0.2, 0.25) is 0 Å². The Kier molecular flexibility index (Phi) is 3.76. The minimum Gasteiger partial charge on any atom is -0.433 e. The average molecular weight is 253 g/mol. The van der Waals surface area contributed by atoms with Gasteiger partial charge < -0.3 is 15.0 Å². The third kappa shape index (κ3) is 3.19. The van der Waals surface area contributed by atoms with Crippen LogP contribution in [0.25, 0.3) is 0 Å². The first-order valence-electron chi connectivity index (χ1n) is 5.43. The number of benzene rings is 1. The van der Waals surface area contributed by atoms with Crippen molar-refractivity contribution in [2.45, 2.75) is 20.1 Å². The van der Waals surface area contributed by atoms with Gasteiger partial charge >= 0.3 is 6.61 Å². The van der Waals surface area contributed by atoms with Crippen molar-refractivity contribution in [3.8, 4) is 5.75 Å². The van der Waals surface area contributed by atoms with Gasteiger partial charge in [-0.3, -0.25) is 0 Å². The number of hydrogen-bond acceptors (Lipinski definition) is 3. The van der Waals surface area contributed by atoms with Crippen LogP contribution >= 0.6 is 0 Å². The summed E-state index contributed by atoms with van der Waals surface area (Å²) in [6, 6.07) is 6.57. The van der Waals surface area contributed by atoms with Gasteiger partial charge in [0.05, 0.1) is 24.1 Å². The Labute approximate surface area is 103 Å². The second kappa shape index (κ2) is 5.48. The van der Waals surface area contributed by atoms with Crippen LogP contribution in [-0.4, -0.2) is 16.6 Å². The standard InChI is InChI=1S/C12H13F2N3O/c1-8-15-6-9(17-8)7-16-10-4-2-3-5-11(10)18-12(13)14/h2-6,12,16H,7H2,1H3,(H,15,17). The van der Waals surface area contributed by atoms with E-state index in [-0.39, 0.29) is 5.75 Å². The maximum atomic E-state index is 12.2. The summed E-state index contributed by atoms with van der Waals surface area (Å²) in [4.78, 5) is 7.10. The van der Waals surface area contributed by atoms with E-state index in [0.29, 0.717) is 12.2 Å². The molecule has 0 aliphatic carbocycles. The number of aryl methyl sites for hydroxylation is 1. The highest BCUT2D eigenvalue weighted by molar-refractivity contribution is 5.56. The topological polar surface area (TPSA) is 49.9 Å². The Morgan fingerprint density at radius 1 is 1.39 bits per heavy atom. The highest BCUT2D eigenvalue weighted by Crippen LogP contribution is 2.25. The van der Waals surface area contributed by atoms with Crippen LogP contribution in [-0.2, 0) is 6.54 Å². The SMILES string of the molecule is Cc1ncc(CNc2ccccc2OC(F)F)[nH]1. The van der Waals surface area contributed by atoms with Crippen LogP contribution in [0.3, 0.4) is 0 Å². The normalized spacial score (nSPS) is 10.7. The molecule has 1 aromatic heterocycles. The molecule has 0 aliphatic heterocycles. The molecule has 0 saturated carbocycles. The van der Waals surface area contributed by atoms with E-state index in [2.05, 4.69) is 20.0 Å². The number of rotatable bonds is 5. The number of H-pyrrole nitrogens is 1.